The monoisotopic (exact) mass is 195 g/mol. The zero-order chi connectivity index (χ0) is 10.4. The third-order valence-corrected chi connectivity index (χ3v) is 1.74. The number of aromatic nitrogens is 1. The molecule has 0 fully saturated rings. The highest BCUT2D eigenvalue weighted by Crippen LogP contribution is 1.94. The average Bonchev–Trinajstić information content (AvgIpc) is 2.26. The molecule has 0 saturated carbocycles. The lowest BCUT2D eigenvalue weighted by molar-refractivity contribution is -0.128. The van der Waals surface area contributed by atoms with Crippen molar-refractivity contribution in [1.82, 2.24) is 10.3 Å². The van der Waals surface area contributed by atoms with Crippen molar-refractivity contribution in [2.45, 2.75) is 12.6 Å². The minimum absolute atomic E-state index is 0.0673. The number of aliphatic hydroxyl groups excluding tert-OH is 1. The second-order valence-corrected chi connectivity index (χ2v) is 2.82. The number of aliphatic hydroxyl groups is 1. The average molecular weight is 195 g/mol. The van der Waals surface area contributed by atoms with E-state index in [4.69, 9.17) is 10.8 Å². The van der Waals surface area contributed by atoms with Gasteiger partial charge < -0.3 is 16.2 Å². The lowest BCUT2D eigenvalue weighted by Gasteiger charge is -2.08. The van der Waals surface area contributed by atoms with Gasteiger partial charge in [-0.05, 0) is 17.7 Å². The van der Waals surface area contributed by atoms with Gasteiger partial charge in [0.15, 0.2) is 0 Å². The van der Waals surface area contributed by atoms with Crippen LogP contribution < -0.4 is 11.1 Å². The molecule has 1 rings (SSSR count). The quantitative estimate of drug-likeness (QED) is 0.576. The predicted octanol–water partition coefficient (Wildman–Crippen LogP) is -0.983. The molecule has 0 saturated heterocycles. The largest absolute Gasteiger partial charge is 0.382 e. The van der Waals surface area contributed by atoms with Crippen LogP contribution in [0.2, 0.25) is 0 Å². The number of hydrogen-bond acceptors (Lipinski definition) is 4. The summed E-state index contributed by atoms with van der Waals surface area (Å²) in [6.45, 7) is 0.306. The van der Waals surface area contributed by atoms with Gasteiger partial charge in [0.1, 0.15) is 6.10 Å². The van der Waals surface area contributed by atoms with E-state index in [-0.39, 0.29) is 6.54 Å². The van der Waals surface area contributed by atoms with Crippen molar-refractivity contribution in [2.24, 2.45) is 5.73 Å². The lowest BCUT2D eigenvalue weighted by Crippen LogP contribution is -2.38. The molecule has 0 bridgehead atoms. The Labute approximate surface area is 82.0 Å². The number of nitrogens with one attached hydrogen (secondary N) is 1. The highest BCUT2D eigenvalue weighted by Gasteiger charge is 2.11. The molecule has 0 aliphatic rings. The van der Waals surface area contributed by atoms with Crippen molar-refractivity contribution in [1.29, 1.82) is 0 Å². The zero-order valence-corrected chi connectivity index (χ0v) is 7.68. The van der Waals surface area contributed by atoms with Crippen molar-refractivity contribution < 1.29 is 9.90 Å². The molecule has 1 heterocycles. The van der Waals surface area contributed by atoms with Gasteiger partial charge in [-0.25, -0.2) is 0 Å². The number of carbonyl (C=O) groups is 1. The van der Waals surface area contributed by atoms with Crippen LogP contribution in [0.5, 0.6) is 0 Å². The Balaban J connectivity index is 2.38. The summed E-state index contributed by atoms with van der Waals surface area (Å²) in [6, 6.07) is 3.57. The van der Waals surface area contributed by atoms with Gasteiger partial charge in [0.05, 0.1) is 0 Å². The van der Waals surface area contributed by atoms with Crippen LogP contribution in [0.4, 0.5) is 0 Å². The molecular weight excluding hydrogens is 182 g/mol. The summed E-state index contributed by atoms with van der Waals surface area (Å²) in [7, 11) is 0. The summed E-state index contributed by atoms with van der Waals surface area (Å²) in [4.78, 5) is 14.9. The molecular formula is C9H13N3O2. The van der Waals surface area contributed by atoms with E-state index in [1.165, 1.54) is 0 Å². The van der Waals surface area contributed by atoms with Gasteiger partial charge in [-0.1, -0.05) is 0 Å². The number of hydrogen-bond donors (Lipinski definition) is 3. The molecule has 0 radical (unpaired) electrons. The van der Waals surface area contributed by atoms with Gasteiger partial charge >= 0.3 is 0 Å². The van der Waals surface area contributed by atoms with E-state index in [9.17, 15) is 4.79 Å². The molecule has 1 aromatic heterocycles. The topological polar surface area (TPSA) is 88.2 Å². The van der Waals surface area contributed by atoms with Crippen LogP contribution in [-0.2, 0) is 11.3 Å². The highest BCUT2D eigenvalue weighted by atomic mass is 16.3. The van der Waals surface area contributed by atoms with Crippen LogP contribution in [0, 0.1) is 0 Å². The van der Waals surface area contributed by atoms with E-state index in [1.54, 1.807) is 24.5 Å². The standard InChI is InChI=1S/C9H13N3O2/c10-5-8(13)9(14)12-6-7-1-3-11-4-2-7/h1-4,8,13H,5-6,10H2,(H,12,14). The third kappa shape index (κ3) is 3.12. The van der Waals surface area contributed by atoms with Crippen LogP contribution >= 0.6 is 0 Å². The summed E-state index contributed by atoms with van der Waals surface area (Å²) >= 11 is 0. The maximum atomic E-state index is 11.1. The first-order valence-corrected chi connectivity index (χ1v) is 4.29. The van der Waals surface area contributed by atoms with Crippen molar-refractivity contribution in [3.05, 3.63) is 30.1 Å². The van der Waals surface area contributed by atoms with Crippen LogP contribution in [0.15, 0.2) is 24.5 Å². The number of carbonyl (C=O) groups excluding carboxylic acids is 1. The summed E-state index contributed by atoms with van der Waals surface area (Å²) in [5, 5.41) is 11.6. The molecule has 4 N–H and O–H groups in total. The molecule has 1 amide bonds. The fraction of sp³-hybridized carbons (Fsp3) is 0.333. The van der Waals surface area contributed by atoms with Gasteiger partial charge in [-0.15, -0.1) is 0 Å². The smallest absolute Gasteiger partial charge is 0.250 e. The van der Waals surface area contributed by atoms with E-state index < -0.39 is 12.0 Å². The van der Waals surface area contributed by atoms with Gasteiger partial charge in [0, 0.05) is 25.5 Å². The van der Waals surface area contributed by atoms with Crippen molar-refractivity contribution >= 4 is 5.91 Å². The van der Waals surface area contributed by atoms with Crippen molar-refractivity contribution in [3.63, 3.8) is 0 Å². The number of pyridine rings is 1. The van der Waals surface area contributed by atoms with Gasteiger partial charge in [-0.2, -0.15) is 0 Å². The normalized spacial score (nSPS) is 12.1. The maximum absolute atomic E-state index is 11.1. The summed E-state index contributed by atoms with van der Waals surface area (Å²) in [6.07, 6.45) is 2.15. The second kappa shape index (κ2) is 5.31. The Hall–Kier alpha value is -1.46. The van der Waals surface area contributed by atoms with Crippen LogP contribution in [-0.4, -0.2) is 28.6 Å². The van der Waals surface area contributed by atoms with Crippen molar-refractivity contribution in [2.75, 3.05) is 6.54 Å². The van der Waals surface area contributed by atoms with Crippen LogP contribution in [0.3, 0.4) is 0 Å². The molecule has 5 nitrogen and oxygen atoms in total. The highest BCUT2D eigenvalue weighted by molar-refractivity contribution is 5.80. The molecule has 0 spiro atoms. The Morgan fingerprint density at radius 1 is 1.57 bits per heavy atom. The Morgan fingerprint density at radius 2 is 2.21 bits per heavy atom. The fourth-order valence-corrected chi connectivity index (χ4v) is 0.915. The molecule has 0 aromatic carbocycles. The van der Waals surface area contributed by atoms with Crippen LogP contribution in [0.1, 0.15) is 5.56 Å². The Morgan fingerprint density at radius 3 is 2.79 bits per heavy atom. The second-order valence-electron chi connectivity index (χ2n) is 2.82. The molecule has 5 heteroatoms. The van der Waals surface area contributed by atoms with E-state index in [2.05, 4.69) is 10.3 Å². The van der Waals surface area contributed by atoms with E-state index in [0.717, 1.165) is 5.56 Å². The van der Waals surface area contributed by atoms with E-state index >= 15 is 0 Å². The van der Waals surface area contributed by atoms with Gasteiger partial charge in [-0.3, -0.25) is 9.78 Å². The molecule has 1 atom stereocenters. The molecule has 14 heavy (non-hydrogen) atoms. The van der Waals surface area contributed by atoms with Gasteiger partial charge in [0.2, 0.25) is 5.91 Å². The first-order chi connectivity index (χ1) is 6.74. The molecule has 0 aliphatic heterocycles. The maximum Gasteiger partial charge on any atom is 0.250 e. The van der Waals surface area contributed by atoms with Crippen LogP contribution in [0.25, 0.3) is 0 Å². The number of rotatable bonds is 4. The minimum Gasteiger partial charge on any atom is -0.382 e. The van der Waals surface area contributed by atoms with E-state index in [1.807, 2.05) is 0 Å². The number of nitrogens with two attached hydrogens (primary N) is 1. The van der Waals surface area contributed by atoms with E-state index in [0.29, 0.717) is 6.54 Å². The predicted molar refractivity (Wildman–Crippen MR) is 51.1 cm³/mol. The van der Waals surface area contributed by atoms with Gasteiger partial charge in [0.25, 0.3) is 0 Å². The number of amides is 1. The molecule has 1 aromatic rings. The fourth-order valence-electron chi connectivity index (χ4n) is 0.915. The lowest BCUT2D eigenvalue weighted by atomic mass is 10.2. The first-order valence-electron chi connectivity index (χ1n) is 4.29. The molecule has 1 unspecified atom stereocenters. The molecule has 76 valence electrons. The summed E-state index contributed by atoms with van der Waals surface area (Å²) in [5.74, 6) is -0.454. The zero-order valence-electron chi connectivity index (χ0n) is 7.68. The number of nitrogens with zero attached hydrogens (tertiary/aromatic N) is 1. The third-order valence-electron chi connectivity index (χ3n) is 1.74. The van der Waals surface area contributed by atoms with Crippen molar-refractivity contribution in [3.8, 4) is 0 Å². The SMILES string of the molecule is NCC(O)C(=O)NCc1ccncc1. The summed E-state index contributed by atoms with van der Waals surface area (Å²) in [5.41, 5.74) is 6.05. The first kappa shape index (κ1) is 10.6. The Bertz CT molecular complexity index is 289. The summed E-state index contributed by atoms with van der Waals surface area (Å²) < 4.78 is 0. The minimum atomic E-state index is -1.13. The molecule has 0 aliphatic carbocycles. The Kier molecular flexibility index (Phi) is 4.03.